The fraction of sp³-hybridized carbons (Fsp3) is 0.375. The second-order valence-corrected chi connectivity index (χ2v) is 4.65. The lowest BCUT2D eigenvalue weighted by atomic mass is 10.1. The first kappa shape index (κ1) is 14.5. The zero-order valence-corrected chi connectivity index (χ0v) is 12.5. The molecular formula is C16H21N3O. The molecule has 2 aromatic rings. The normalized spacial score (nSPS) is 10.6. The highest BCUT2D eigenvalue weighted by Gasteiger charge is 2.13. The summed E-state index contributed by atoms with van der Waals surface area (Å²) in [5.41, 5.74) is 4.31. The van der Waals surface area contributed by atoms with Crippen molar-refractivity contribution in [1.82, 2.24) is 9.97 Å². The van der Waals surface area contributed by atoms with Gasteiger partial charge in [0.25, 0.3) is 0 Å². The van der Waals surface area contributed by atoms with E-state index in [1.165, 1.54) is 5.56 Å². The third kappa shape index (κ3) is 2.80. The molecule has 0 bridgehead atoms. The molecule has 0 aliphatic rings. The zero-order chi connectivity index (χ0) is 14.5. The predicted octanol–water partition coefficient (Wildman–Crippen LogP) is 3.20. The number of hydrogen-bond acceptors (Lipinski definition) is 4. The standard InChI is InChI=1S/C16H21N3O/c1-5-13-11(2)18-16(19-15(13)17-3)14-9-7-6-8-12(14)10-20-4/h6-9H,5,10H2,1-4H3,(H,17,18,19). The number of aryl methyl sites for hydroxylation is 1. The Balaban J connectivity index is 2.56. The molecule has 0 aliphatic carbocycles. The predicted molar refractivity (Wildman–Crippen MR) is 81.8 cm³/mol. The van der Waals surface area contributed by atoms with E-state index in [9.17, 15) is 0 Å². The van der Waals surface area contributed by atoms with Crippen molar-refractivity contribution >= 4 is 5.82 Å². The first-order valence-corrected chi connectivity index (χ1v) is 6.83. The van der Waals surface area contributed by atoms with Crippen LogP contribution in [0.15, 0.2) is 24.3 Å². The van der Waals surface area contributed by atoms with Gasteiger partial charge in [0.05, 0.1) is 6.61 Å². The van der Waals surface area contributed by atoms with Gasteiger partial charge in [-0.1, -0.05) is 31.2 Å². The Kier molecular flexibility index (Phi) is 4.69. The van der Waals surface area contributed by atoms with Crippen molar-refractivity contribution in [2.45, 2.75) is 26.9 Å². The second kappa shape index (κ2) is 6.48. The van der Waals surface area contributed by atoms with Gasteiger partial charge < -0.3 is 10.1 Å². The fourth-order valence-corrected chi connectivity index (χ4v) is 2.37. The van der Waals surface area contributed by atoms with E-state index >= 15 is 0 Å². The number of benzene rings is 1. The van der Waals surface area contributed by atoms with Gasteiger partial charge in [-0.3, -0.25) is 0 Å². The number of methoxy groups -OCH3 is 1. The molecule has 0 saturated heterocycles. The Hall–Kier alpha value is -1.94. The number of nitrogens with one attached hydrogen (secondary N) is 1. The van der Waals surface area contributed by atoms with E-state index in [0.29, 0.717) is 6.61 Å². The summed E-state index contributed by atoms with van der Waals surface area (Å²) >= 11 is 0. The number of ether oxygens (including phenoxy) is 1. The summed E-state index contributed by atoms with van der Waals surface area (Å²) in [5.74, 6) is 1.65. The molecule has 2 rings (SSSR count). The zero-order valence-electron chi connectivity index (χ0n) is 12.5. The van der Waals surface area contributed by atoms with E-state index in [1.54, 1.807) is 7.11 Å². The Morgan fingerprint density at radius 3 is 2.60 bits per heavy atom. The van der Waals surface area contributed by atoms with Gasteiger partial charge in [-0.2, -0.15) is 0 Å². The van der Waals surface area contributed by atoms with Crippen LogP contribution in [0.1, 0.15) is 23.7 Å². The van der Waals surface area contributed by atoms with Gasteiger partial charge in [0.15, 0.2) is 5.82 Å². The molecule has 4 heteroatoms. The Labute approximate surface area is 120 Å². The first-order valence-electron chi connectivity index (χ1n) is 6.83. The summed E-state index contributed by atoms with van der Waals surface area (Å²) in [4.78, 5) is 9.32. The van der Waals surface area contributed by atoms with Crippen LogP contribution in [0.5, 0.6) is 0 Å². The molecule has 0 radical (unpaired) electrons. The summed E-state index contributed by atoms with van der Waals surface area (Å²) in [6.07, 6.45) is 0.919. The van der Waals surface area contributed by atoms with Crippen LogP contribution in [-0.4, -0.2) is 24.1 Å². The highest BCUT2D eigenvalue weighted by Crippen LogP contribution is 2.25. The highest BCUT2D eigenvalue weighted by molar-refractivity contribution is 5.63. The quantitative estimate of drug-likeness (QED) is 0.907. The van der Waals surface area contributed by atoms with Gasteiger partial charge in [0.1, 0.15) is 5.82 Å². The van der Waals surface area contributed by atoms with Crippen LogP contribution in [0, 0.1) is 6.92 Å². The van der Waals surface area contributed by atoms with Crippen LogP contribution in [0.4, 0.5) is 5.82 Å². The molecule has 1 aromatic heterocycles. The van der Waals surface area contributed by atoms with Gasteiger partial charge in [-0.05, 0) is 18.9 Å². The SMILES string of the molecule is CCc1c(C)nc(-c2ccccc2COC)nc1NC. The number of aromatic nitrogens is 2. The van der Waals surface area contributed by atoms with E-state index in [2.05, 4.69) is 22.2 Å². The van der Waals surface area contributed by atoms with Crippen molar-refractivity contribution in [3.63, 3.8) is 0 Å². The fourth-order valence-electron chi connectivity index (χ4n) is 2.37. The maximum atomic E-state index is 5.25. The molecule has 0 unspecified atom stereocenters. The van der Waals surface area contributed by atoms with Gasteiger partial charge in [-0.25, -0.2) is 9.97 Å². The molecule has 1 heterocycles. The number of nitrogens with zero attached hydrogens (tertiary/aromatic N) is 2. The largest absolute Gasteiger partial charge is 0.380 e. The summed E-state index contributed by atoms with van der Waals surface area (Å²) in [6, 6.07) is 8.09. The minimum atomic E-state index is 0.559. The lowest BCUT2D eigenvalue weighted by molar-refractivity contribution is 0.185. The molecule has 0 saturated carbocycles. The maximum absolute atomic E-state index is 5.25. The van der Waals surface area contributed by atoms with Crippen molar-refractivity contribution in [2.75, 3.05) is 19.5 Å². The topological polar surface area (TPSA) is 47.0 Å². The summed E-state index contributed by atoms with van der Waals surface area (Å²) in [5, 5.41) is 3.17. The first-order chi connectivity index (χ1) is 9.71. The van der Waals surface area contributed by atoms with Crippen molar-refractivity contribution in [2.24, 2.45) is 0 Å². The number of hydrogen-bond donors (Lipinski definition) is 1. The van der Waals surface area contributed by atoms with Crippen molar-refractivity contribution in [3.05, 3.63) is 41.1 Å². The minimum absolute atomic E-state index is 0.559. The maximum Gasteiger partial charge on any atom is 0.162 e. The van der Waals surface area contributed by atoms with Crippen molar-refractivity contribution in [1.29, 1.82) is 0 Å². The molecule has 4 nitrogen and oxygen atoms in total. The summed E-state index contributed by atoms with van der Waals surface area (Å²) < 4.78 is 5.25. The van der Waals surface area contributed by atoms with Crippen LogP contribution < -0.4 is 5.32 Å². The Bertz CT molecular complexity index is 596. The monoisotopic (exact) mass is 271 g/mol. The van der Waals surface area contributed by atoms with Crippen LogP contribution in [0.2, 0.25) is 0 Å². The average molecular weight is 271 g/mol. The van der Waals surface area contributed by atoms with Crippen molar-refractivity contribution in [3.8, 4) is 11.4 Å². The van der Waals surface area contributed by atoms with E-state index in [-0.39, 0.29) is 0 Å². The molecule has 0 spiro atoms. The van der Waals surface area contributed by atoms with Crippen molar-refractivity contribution < 1.29 is 4.74 Å². The Morgan fingerprint density at radius 2 is 1.95 bits per heavy atom. The number of rotatable bonds is 5. The molecule has 1 aromatic carbocycles. The van der Waals surface area contributed by atoms with Crippen LogP contribution >= 0.6 is 0 Å². The van der Waals surface area contributed by atoms with E-state index in [1.807, 2.05) is 38.2 Å². The van der Waals surface area contributed by atoms with Crippen LogP contribution in [0.3, 0.4) is 0 Å². The molecule has 1 N–H and O–H groups in total. The highest BCUT2D eigenvalue weighted by atomic mass is 16.5. The number of anilines is 1. The summed E-state index contributed by atoms with van der Waals surface area (Å²) in [6.45, 7) is 4.71. The van der Waals surface area contributed by atoms with Gasteiger partial charge in [0, 0.05) is 31.0 Å². The minimum Gasteiger partial charge on any atom is -0.380 e. The lowest BCUT2D eigenvalue weighted by Crippen LogP contribution is -2.06. The lowest BCUT2D eigenvalue weighted by Gasteiger charge is -2.13. The van der Waals surface area contributed by atoms with Gasteiger partial charge >= 0.3 is 0 Å². The molecule has 0 fully saturated rings. The molecular weight excluding hydrogens is 250 g/mol. The van der Waals surface area contributed by atoms with Gasteiger partial charge in [-0.15, -0.1) is 0 Å². The molecule has 0 amide bonds. The van der Waals surface area contributed by atoms with E-state index in [0.717, 1.165) is 34.9 Å². The average Bonchev–Trinajstić information content (AvgIpc) is 2.47. The molecule has 0 aliphatic heterocycles. The third-order valence-electron chi connectivity index (χ3n) is 3.36. The third-order valence-corrected chi connectivity index (χ3v) is 3.36. The molecule has 20 heavy (non-hydrogen) atoms. The second-order valence-electron chi connectivity index (χ2n) is 4.65. The Morgan fingerprint density at radius 1 is 1.20 bits per heavy atom. The van der Waals surface area contributed by atoms with Gasteiger partial charge in [0.2, 0.25) is 0 Å². The molecule has 106 valence electrons. The van der Waals surface area contributed by atoms with E-state index in [4.69, 9.17) is 4.74 Å². The van der Waals surface area contributed by atoms with Crippen LogP contribution in [-0.2, 0) is 17.8 Å². The molecule has 0 atom stereocenters. The smallest absolute Gasteiger partial charge is 0.162 e. The van der Waals surface area contributed by atoms with E-state index < -0.39 is 0 Å². The summed E-state index contributed by atoms with van der Waals surface area (Å²) in [7, 11) is 3.59. The van der Waals surface area contributed by atoms with Crippen LogP contribution in [0.25, 0.3) is 11.4 Å².